The largest absolute Gasteiger partial charge is 0.496 e. The molecule has 0 saturated heterocycles. The summed E-state index contributed by atoms with van der Waals surface area (Å²) in [6, 6.07) is 14.3. The zero-order valence-electron chi connectivity index (χ0n) is 23.0. The first-order chi connectivity index (χ1) is 18.8. The number of nitrogens with one attached hydrogen (secondary N) is 2. The van der Waals surface area contributed by atoms with Gasteiger partial charge in [0.1, 0.15) is 16.8 Å². The van der Waals surface area contributed by atoms with Gasteiger partial charge in [-0.1, -0.05) is 44.0 Å². The number of ether oxygens (including phenoxy) is 1. The van der Waals surface area contributed by atoms with Crippen LogP contribution in [0.2, 0.25) is 0 Å². The fraction of sp³-hybridized carbons (Fsp3) is 0.448. The number of para-hydroxylation sites is 1. The van der Waals surface area contributed by atoms with E-state index in [2.05, 4.69) is 50.3 Å². The molecule has 1 fully saturated rings. The lowest BCUT2D eigenvalue weighted by Gasteiger charge is -2.40. The van der Waals surface area contributed by atoms with Crippen molar-refractivity contribution in [3.05, 3.63) is 53.6 Å². The van der Waals surface area contributed by atoms with Crippen LogP contribution in [0.5, 0.6) is 5.75 Å². The molecule has 5 rings (SSSR count). The van der Waals surface area contributed by atoms with Crippen molar-refractivity contribution in [1.29, 1.82) is 0 Å². The maximum atomic E-state index is 12.4. The third kappa shape index (κ3) is 5.27. The van der Waals surface area contributed by atoms with Crippen molar-refractivity contribution >= 4 is 43.5 Å². The number of anilines is 2. The molecule has 1 saturated carbocycles. The summed E-state index contributed by atoms with van der Waals surface area (Å²) >= 11 is 0. The van der Waals surface area contributed by atoms with Gasteiger partial charge in [0, 0.05) is 36.8 Å². The Morgan fingerprint density at radius 3 is 2.64 bits per heavy atom. The van der Waals surface area contributed by atoms with Crippen LogP contribution >= 0.6 is 0 Å². The molecule has 0 aliphatic heterocycles. The monoisotopic (exact) mass is 550 g/mol. The number of hydrogen-bond donors (Lipinski definition) is 3. The maximum Gasteiger partial charge on any atom is 0.222 e. The van der Waals surface area contributed by atoms with Crippen LogP contribution in [0.3, 0.4) is 0 Å². The minimum absolute atomic E-state index is 0.244. The molecular weight excluding hydrogens is 512 g/mol. The van der Waals surface area contributed by atoms with Crippen molar-refractivity contribution in [1.82, 2.24) is 19.9 Å². The molecule has 10 heteroatoms. The minimum atomic E-state index is -3.11. The molecule has 0 amide bonds. The van der Waals surface area contributed by atoms with E-state index in [0.717, 1.165) is 83.3 Å². The van der Waals surface area contributed by atoms with Gasteiger partial charge >= 0.3 is 0 Å². The highest BCUT2D eigenvalue weighted by Crippen LogP contribution is 2.38. The van der Waals surface area contributed by atoms with Crippen molar-refractivity contribution in [3.63, 3.8) is 0 Å². The Labute approximate surface area is 230 Å². The van der Waals surface area contributed by atoms with Gasteiger partial charge in [0.05, 0.1) is 23.9 Å². The number of nitrogen functional groups attached to an aromatic ring is 1. The first kappa shape index (κ1) is 27.2. The molecule has 2 aromatic heterocycles. The molecule has 0 spiro atoms. The first-order valence-corrected chi connectivity index (χ1v) is 15.5. The zero-order valence-corrected chi connectivity index (χ0v) is 23.8. The van der Waals surface area contributed by atoms with Gasteiger partial charge in [-0.15, -0.1) is 0 Å². The third-order valence-corrected chi connectivity index (χ3v) is 10.1. The van der Waals surface area contributed by atoms with Crippen LogP contribution in [0.1, 0.15) is 50.2 Å². The normalized spacial score (nSPS) is 14.9. The van der Waals surface area contributed by atoms with E-state index in [-0.39, 0.29) is 5.95 Å². The second kappa shape index (κ2) is 11.0. The summed E-state index contributed by atoms with van der Waals surface area (Å²) in [5, 5.41) is 7.90. The topological polar surface area (TPSA) is 124 Å². The van der Waals surface area contributed by atoms with Gasteiger partial charge in [0.2, 0.25) is 5.95 Å². The van der Waals surface area contributed by atoms with Crippen molar-refractivity contribution < 1.29 is 13.2 Å². The predicted octanol–water partition coefficient (Wildman–Crippen LogP) is 4.49. The van der Waals surface area contributed by atoms with Gasteiger partial charge in [0.15, 0.2) is 15.7 Å². The molecule has 2 aromatic carbocycles. The van der Waals surface area contributed by atoms with Gasteiger partial charge < -0.3 is 25.7 Å². The molecule has 4 N–H and O–H groups in total. The molecule has 39 heavy (non-hydrogen) atoms. The van der Waals surface area contributed by atoms with Gasteiger partial charge in [0.25, 0.3) is 0 Å². The highest BCUT2D eigenvalue weighted by molar-refractivity contribution is 7.92. The minimum Gasteiger partial charge on any atom is -0.496 e. The second-order valence-electron chi connectivity index (χ2n) is 10.6. The molecule has 208 valence electrons. The smallest absolute Gasteiger partial charge is 0.222 e. The molecule has 2 heterocycles. The lowest BCUT2D eigenvalue weighted by molar-refractivity contribution is 0.323. The average Bonchev–Trinajstić information content (AvgIpc) is 3.18. The van der Waals surface area contributed by atoms with Gasteiger partial charge in [-0.2, -0.15) is 4.98 Å². The highest BCUT2D eigenvalue weighted by atomic mass is 32.2. The molecule has 0 bridgehead atoms. The number of nitrogens with two attached hydrogens (primary N) is 1. The van der Waals surface area contributed by atoms with Gasteiger partial charge in [-0.3, -0.25) is 0 Å². The number of aromatic nitrogens is 3. The number of unbranched alkanes of at least 4 members (excludes halogenated alkanes) is 1. The summed E-state index contributed by atoms with van der Waals surface area (Å²) in [6.45, 7) is 4.54. The Bertz CT molecular complexity index is 1590. The number of hydrogen-bond acceptors (Lipinski definition) is 8. The second-order valence-corrected chi connectivity index (χ2v) is 13.0. The van der Waals surface area contributed by atoms with Crippen LogP contribution in [0, 0.1) is 0 Å². The van der Waals surface area contributed by atoms with E-state index in [1.54, 1.807) is 7.11 Å². The van der Waals surface area contributed by atoms with Crippen molar-refractivity contribution in [3.8, 4) is 5.75 Å². The van der Waals surface area contributed by atoms with Crippen molar-refractivity contribution in [2.24, 2.45) is 0 Å². The number of nitrogens with zero attached hydrogens (tertiary/aromatic N) is 3. The summed E-state index contributed by atoms with van der Waals surface area (Å²) in [7, 11) is -1.43. The summed E-state index contributed by atoms with van der Waals surface area (Å²) in [6.07, 6.45) is 5.86. The van der Waals surface area contributed by atoms with E-state index in [9.17, 15) is 8.42 Å². The van der Waals surface area contributed by atoms with E-state index in [0.29, 0.717) is 19.6 Å². The average molecular weight is 551 g/mol. The van der Waals surface area contributed by atoms with Crippen LogP contribution in [0.15, 0.2) is 42.5 Å². The summed E-state index contributed by atoms with van der Waals surface area (Å²) < 4.78 is 32.1. The van der Waals surface area contributed by atoms with E-state index in [1.165, 1.54) is 6.26 Å². The lowest BCUT2D eigenvalue weighted by Crippen LogP contribution is -2.51. The van der Waals surface area contributed by atoms with Gasteiger partial charge in [-0.05, 0) is 43.0 Å². The Morgan fingerprint density at radius 1 is 1.15 bits per heavy atom. The number of rotatable bonds is 12. The quantitative estimate of drug-likeness (QED) is 0.220. The summed E-state index contributed by atoms with van der Waals surface area (Å²) in [5.74, 6) is 1.76. The summed E-state index contributed by atoms with van der Waals surface area (Å²) in [4.78, 5) is 9.20. The fourth-order valence-corrected chi connectivity index (χ4v) is 6.93. The molecule has 1 aliphatic carbocycles. The third-order valence-electron chi connectivity index (χ3n) is 7.94. The van der Waals surface area contributed by atoms with Crippen LogP contribution in [0.25, 0.3) is 21.9 Å². The standard InChI is InChI=1S/C29H38N6O3S/c1-4-5-15-32-27-26-25(33-28(30)34-27)22-9-6-7-10-23(22)35(26)18-21-16-20(11-12-24(21)38-2)17-31-19-29(13-8-14-29)39(3,36)37/h6-7,9-12,16,31H,4-5,8,13-15,17-19H2,1-3H3,(H3,30,32,33,34). The van der Waals surface area contributed by atoms with E-state index in [4.69, 9.17) is 10.5 Å². The number of benzene rings is 2. The Balaban J connectivity index is 1.49. The van der Waals surface area contributed by atoms with E-state index in [1.807, 2.05) is 24.3 Å². The fourth-order valence-electron chi connectivity index (χ4n) is 5.54. The first-order valence-electron chi connectivity index (χ1n) is 13.6. The van der Waals surface area contributed by atoms with Gasteiger partial charge in [-0.25, -0.2) is 13.4 Å². The molecule has 9 nitrogen and oxygen atoms in total. The summed E-state index contributed by atoms with van der Waals surface area (Å²) in [5.41, 5.74) is 11.0. The lowest BCUT2D eigenvalue weighted by atomic mass is 9.84. The number of fused-ring (bicyclic) bond motifs is 3. The molecule has 4 aromatic rings. The molecule has 0 atom stereocenters. The van der Waals surface area contributed by atoms with Crippen molar-refractivity contribution in [2.45, 2.75) is 56.9 Å². The van der Waals surface area contributed by atoms with Crippen LogP contribution in [-0.4, -0.2) is 54.2 Å². The Kier molecular flexibility index (Phi) is 7.68. The van der Waals surface area contributed by atoms with Crippen LogP contribution < -0.4 is 21.1 Å². The van der Waals surface area contributed by atoms with E-state index >= 15 is 0 Å². The highest BCUT2D eigenvalue weighted by Gasteiger charge is 2.45. The maximum absolute atomic E-state index is 12.4. The van der Waals surface area contributed by atoms with Crippen LogP contribution in [-0.2, 0) is 22.9 Å². The number of sulfone groups is 1. The number of methoxy groups -OCH3 is 1. The van der Waals surface area contributed by atoms with E-state index < -0.39 is 14.6 Å². The molecule has 1 aliphatic rings. The SMILES string of the molecule is CCCCNc1nc(N)nc2c3ccccc3n(Cc3cc(CNCC4(S(C)(=O)=O)CCC4)ccc3OC)c12. The molecule has 0 radical (unpaired) electrons. The Morgan fingerprint density at radius 2 is 1.95 bits per heavy atom. The van der Waals surface area contributed by atoms with Crippen molar-refractivity contribution in [2.75, 3.05) is 37.5 Å². The zero-order chi connectivity index (χ0) is 27.6. The predicted molar refractivity (Wildman–Crippen MR) is 158 cm³/mol. The Hall–Kier alpha value is -3.37. The van der Waals surface area contributed by atoms with Crippen LogP contribution in [0.4, 0.5) is 11.8 Å². The molecule has 0 unspecified atom stereocenters. The molecular formula is C29H38N6O3S.